The molecule has 0 aromatic rings. The first-order valence-corrected chi connectivity index (χ1v) is 4.03. The summed E-state index contributed by atoms with van der Waals surface area (Å²) in [6, 6.07) is 1.79. The van der Waals surface area contributed by atoms with E-state index in [0.717, 1.165) is 18.8 Å². The molecule has 1 heterocycles. The number of hydrogen-bond acceptors (Lipinski definition) is 1. The van der Waals surface area contributed by atoms with Crippen LogP contribution in [0.1, 0.15) is 25.7 Å². The fourth-order valence-corrected chi connectivity index (χ4v) is 2.07. The van der Waals surface area contributed by atoms with Gasteiger partial charge in [-0.05, 0) is 12.8 Å². The summed E-state index contributed by atoms with van der Waals surface area (Å²) in [5.74, 6) is 0. The SMILES string of the molecule is C1CCC2[NH2+]CNC2C1.[Cl-]. The van der Waals surface area contributed by atoms with Gasteiger partial charge in [-0.3, -0.25) is 5.32 Å². The van der Waals surface area contributed by atoms with Crippen LogP contribution in [-0.4, -0.2) is 18.8 Å². The molecule has 0 aromatic heterocycles. The van der Waals surface area contributed by atoms with E-state index >= 15 is 0 Å². The number of nitrogens with two attached hydrogens (primary N) is 1. The molecule has 60 valence electrons. The van der Waals surface area contributed by atoms with Crippen molar-refractivity contribution in [3.8, 4) is 0 Å². The van der Waals surface area contributed by atoms with E-state index in [4.69, 9.17) is 0 Å². The van der Waals surface area contributed by atoms with Crippen molar-refractivity contribution in [2.24, 2.45) is 0 Å². The van der Waals surface area contributed by atoms with Crippen LogP contribution in [0.4, 0.5) is 0 Å². The van der Waals surface area contributed by atoms with E-state index in [9.17, 15) is 0 Å². The normalized spacial score (nSPS) is 38.4. The highest BCUT2D eigenvalue weighted by atomic mass is 35.5. The molecule has 2 rings (SSSR count). The molecule has 0 amide bonds. The van der Waals surface area contributed by atoms with Gasteiger partial charge < -0.3 is 17.7 Å². The maximum atomic E-state index is 3.50. The molecule has 0 bridgehead atoms. The largest absolute Gasteiger partial charge is 1.00 e. The summed E-state index contributed by atoms with van der Waals surface area (Å²) in [5.41, 5.74) is 0. The summed E-state index contributed by atoms with van der Waals surface area (Å²) in [5, 5.41) is 5.95. The molecule has 10 heavy (non-hydrogen) atoms. The molecular formula is C7H15ClN2. The Balaban J connectivity index is 0.000000500. The first-order valence-electron chi connectivity index (χ1n) is 4.03. The molecule has 2 aliphatic rings. The third-order valence-electron chi connectivity index (χ3n) is 2.62. The van der Waals surface area contributed by atoms with Gasteiger partial charge in [0.2, 0.25) is 0 Å². The average Bonchev–Trinajstić information content (AvgIpc) is 2.33. The number of quaternary nitrogens is 1. The second kappa shape index (κ2) is 3.56. The highest BCUT2D eigenvalue weighted by Gasteiger charge is 2.31. The van der Waals surface area contributed by atoms with Gasteiger partial charge in [0, 0.05) is 6.42 Å². The fraction of sp³-hybridized carbons (Fsp3) is 1.00. The van der Waals surface area contributed by atoms with Gasteiger partial charge in [0.05, 0.1) is 6.04 Å². The Hall–Kier alpha value is 0.210. The number of nitrogens with one attached hydrogen (secondary N) is 1. The highest BCUT2D eigenvalue weighted by molar-refractivity contribution is 4.81. The van der Waals surface area contributed by atoms with Crippen molar-refractivity contribution in [3.05, 3.63) is 0 Å². The summed E-state index contributed by atoms with van der Waals surface area (Å²) < 4.78 is 0. The first-order chi connectivity index (χ1) is 4.47. The lowest BCUT2D eigenvalue weighted by molar-refractivity contribution is -0.673. The van der Waals surface area contributed by atoms with Crippen molar-refractivity contribution in [1.29, 1.82) is 0 Å². The number of fused-ring (bicyclic) bond motifs is 1. The minimum Gasteiger partial charge on any atom is -1.00 e. The molecule has 3 heteroatoms. The maximum Gasteiger partial charge on any atom is 0.130 e. The van der Waals surface area contributed by atoms with E-state index in [2.05, 4.69) is 10.6 Å². The van der Waals surface area contributed by atoms with Gasteiger partial charge in [-0.2, -0.15) is 0 Å². The lowest BCUT2D eigenvalue weighted by Crippen LogP contribution is -3.00. The van der Waals surface area contributed by atoms with E-state index in [-0.39, 0.29) is 12.4 Å². The minimum absolute atomic E-state index is 0. The van der Waals surface area contributed by atoms with Gasteiger partial charge in [0.15, 0.2) is 0 Å². The van der Waals surface area contributed by atoms with Crippen molar-refractivity contribution in [3.63, 3.8) is 0 Å². The van der Waals surface area contributed by atoms with Crippen LogP contribution >= 0.6 is 0 Å². The smallest absolute Gasteiger partial charge is 0.130 e. The first kappa shape index (κ1) is 8.31. The van der Waals surface area contributed by atoms with Crippen LogP contribution in [0.3, 0.4) is 0 Å². The molecule has 1 aliphatic carbocycles. The molecule has 1 saturated carbocycles. The van der Waals surface area contributed by atoms with Gasteiger partial charge in [-0.25, -0.2) is 0 Å². The number of halogens is 1. The molecule has 3 N–H and O–H groups in total. The third-order valence-corrected chi connectivity index (χ3v) is 2.62. The molecule has 1 saturated heterocycles. The van der Waals surface area contributed by atoms with Crippen molar-refractivity contribution in [2.45, 2.75) is 37.8 Å². The Labute approximate surface area is 68.2 Å². The standard InChI is InChI=1S/C7H14N2.ClH/c1-2-4-7-6(3-1)8-5-9-7;/h6-9H,1-5H2;1H. The maximum absolute atomic E-state index is 3.50. The molecular weight excluding hydrogens is 148 g/mol. The molecule has 2 unspecified atom stereocenters. The van der Waals surface area contributed by atoms with E-state index < -0.39 is 0 Å². The van der Waals surface area contributed by atoms with Crippen LogP contribution in [0.5, 0.6) is 0 Å². The molecule has 1 aliphatic heterocycles. The molecule has 2 nitrogen and oxygen atoms in total. The Kier molecular flexibility index (Phi) is 2.96. The number of hydrogen-bond donors (Lipinski definition) is 2. The topological polar surface area (TPSA) is 28.6 Å². The van der Waals surface area contributed by atoms with Gasteiger partial charge in [-0.15, -0.1) is 0 Å². The zero-order valence-corrected chi connectivity index (χ0v) is 6.90. The molecule has 2 fully saturated rings. The second-order valence-electron chi connectivity index (χ2n) is 3.20. The molecule has 0 spiro atoms. The monoisotopic (exact) mass is 162 g/mol. The van der Waals surface area contributed by atoms with E-state index in [1.165, 1.54) is 25.7 Å². The van der Waals surface area contributed by atoms with Gasteiger partial charge >= 0.3 is 0 Å². The second-order valence-corrected chi connectivity index (χ2v) is 3.20. The predicted molar refractivity (Wildman–Crippen MR) is 36.0 cm³/mol. The Bertz CT molecular complexity index is 95.8. The zero-order chi connectivity index (χ0) is 6.10. The zero-order valence-electron chi connectivity index (χ0n) is 6.15. The van der Waals surface area contributed by atoms with Crippen molar-refractivity contribution < 1.29 is 17.7 Å². The summed E-state index contributed by atoms with van der Waals surface area (Å²) in [6.07, 6.45) is 5.76. The number of rotatable bonds is 0. The lowest BCUT2D eigenvalue weighted by Gasteiger charge is -2.20. The summed E-state index contributed by atoms with van der Waals surface area (Å²) in [6.45, 7) is 1.16. The minimum atomic E-state index is 0. The van der Waals surface area contributed by atoms with Crippen LogP contribution in [0.25, 0.3) is 0 Å². The Morgan fingerprint density at radius 1 is 1.20 bits per heavy atom. The van der Waals surface area contributed by atoms with Crippen LogP contribution in [0, 0.1) is 0 Å². The molecule has 0 radical (unpaired) electrons. The quantitative estimate of drug-likeness (QED) is 0.379. The van der Waals surface area contributed by atoms with E-state index in [1.54, 1.807) is 0 Å². The third kappa shape index (κ3) is 1.44. The summed E-state index contributed by atoms with van der Waals surface area (Å²) >= 11 is 0. The van der Waals surface area contributed by atoms with Gasteiger partial charge in [0.1, 0.15) is 12.7 Å². The van der Waals surface area contributed by atoms with Gasteiger partial charge in [-0.1, -0.05) is 6.42 Å². The molecule has 2 atom stereocenters. The van der Waals surface area contributed by atoms with E-state index in [1.807, 2.05) is 0 Å². The van der Waals surface area contributed by atoms with Crippen molar-refractivity contribution in [1.82, 2.24) is 5.32 Å². The average molecular weight is 163 g/mol. The van der Waals surface area contributed by atoms with Crippen molar-refractivity contribution in [2.75, 3.05) is 6.67 Å². The summed E-state index contributed by atoms with van der Waals surface area (Å²) in [7, 11) is 0. The van der Waals surface area contributed by atoms with E-state index in [0.29, 0.717) is 0 Å². The van der Waals surface area contributed by atoms with Crippen LogP contribution in [0.2, 0.25) is 0 Å². The van der Waals surface area contributed by atoms with Crippen LogP contribution < -0.4 is 23.0 Å². The fourth-order valence-electron chi connectivity index (χ4n) is 2.07. The summed E-state index contributed by atoms with van der Waals surface area (Å²) in [4.78, 5) is 0. The van der Waals surface area contributed by atoms with Gasteiger partial charge in [0.25, 0.3) is 0 Å². The van der Waals surface area contributed by atoms with Crippen LogP contribution in [-0.2, 0) is 0 Å². The van der Waals surface area contributed by atoms with Crippen molar-refractivity contribution >= 4 is 0 Å². The van der Waals surface area contributed by atoms with Crippen LogP contribution in [0.15, 0.2) is 0 Å². The predicted octanol–water partition coefficient (Wildman–Crippen LogP) is -3.57. The Morgan fingerprint density at radius 3 is 2.80 bits per heavy atom. The molecule has 0 aromatic carbocycles. The highest BCUT2D eigenvalue weighted by Crippen LogP contribution is 2.17. The lowest BCUT2D eigenvalue weighted by atomic mass is 9.92. The Morgan fingerprint density at radius 2 is 2.00 bits per heavy atom.